The van der Waals surface area contributed by atoms with Crippen LogP contribution in [0.5, 0.6) is 0 Å². The predicted octanol–water partition coefficient (Wildman–Crippen LogP) is 0.561. The zero-order chi connectivity index (χ0) is 10.4. The van der Waals surface area contributed by atoms with Gasteiger partial charge in [-0.1, -0.05) is 0 Å². The van der Waals surface area contributed by atoms with Gasteiger partial charge in [-0.3, -0.25) is 4.79 Å². The van der Waals surface area contributed by atoms with Gasteiger partial charge < -0.3 is 15.6 Å². The largest absolute Gasteiger partial charge is 0.381 e. The summed E-state index contributed by atoms with van der Waals surface area (Å²) in [5, 5.41) is 3.24. The molecule has 0 atom stereocenters. The monoisotopic (exact) mass is 202 g/mol. The van der Waals surface area contributed by atoms with Crippen LogP contribution in [0.25, 0.3) is 11.0 Å². The standard InChI is InChI=1S/C10H10N4O/c11-10(15)6-3-7-9-8(4-6)13-5-14(9)2-1-12-7/h3-5,12H,1-2H2,(H2,11,15). The highest BCUT2D eigenvalue weighted by Gasteiger charge is 2.15. The Labute approximate surface area is 85.9 Å². The summed E-state index contributed by atoms with van der Waals surface area (Å²) in [4.78, 5) is 15.3. The van der Waals surface area contributed by atoms with Crippen LogP contribution in [0, 0.1) is 0 Å². The number of hydrogen-bond acceptors (Lipinski definition) is 3. The SMILES string of the molecule is NC(=O)c1cc2c3c(c1)ncn3CCN2. The van der Waals surface area contributed by atoms with E-state index in [9.17, 15) is 4.79 Å². The van der Waals surface area contributed by atoms with Crippen LogP contribution < -0.4 is 11.1 Å². The van der Waals surface area contributed by atoms with Crippen molar-refractivity contribution >= 4 is 22.6 Å². The third-order valence-electron chi connectivity index (χ3n) is 2.67. The molecule has 3 rings (SSSR count). The highest BCUT2D eigenvalue weighted by atomic mass is 16.1. The number of hydrogen-bond donors (Lipinski definition) is 2. The second kappa shape index (κ2) is 2.73. The predicted molar refractivity (Wildman–Crippen MR) is 56.7 cm³/mol. The molecule has 0 saturated heterocycles. The molecule has 1 aliphatic heterocycles. The Hall–Kier alpha value is -2.04. The van der Waals surface area contributed by atoms with Crippen LogP contribution in [0.15, 0.2) is 18.5 Å². The molecule has 2 heterocycles. The van der Waals surface area contributed by atoms with E-state index in [4.69, 9.17) is 5.73 Å². The second-order valence-electron chi connectivity index (χ2n) is 3.62. The van der Waals surface area contributed by atoms with E-state index in [1.165, 1.54) is 0 Å². The Morgan fingerprint density at radius 1 is 1.53 bits per heavy atom. The molecule has 76 valence electrons. The average molecular weight is 202 g/mol. The van der Waals surface area contributed by atoms with Gasteiger partial charge in [0.2, 0.25) is 5.91 Å². The lowest BCUT2D eigenvalue weighted by Crippen LogP contribution is -2.17. The highest BCUT2D eigenvalue weighted by molar-refractivity contribution is 6.00. The van der Waals surface area contributed by atoms with Gasteiger partial charge in [-0.25, -0.2) is 4.98 Å². The summed E-state index contributed by atoms with van der Waals surface area (Å²) in [5.41, 5.74) is 8.55. The third-order valence-corrected chi connectivity index (χ3v) is 2.67. The topological polar surface area (TPSA) is 72.9 Å². The van der Waals surface area contributed by atoms with Gasteiger partial charge >= 0.3 is 0 Å². The van der Waals surface area contributed by atoms with E-state index in [0.717, 1.165) is 29.8 Å². The minimum absolute atomic E-state index is 0.421. The number of rotatable bonds is 1. The lowest BCUT2D eigenvalue weighted by Gasteiger charge is -2.17. The van der Waals surface area contributed by atoms with Crippen molar-refractivity contribution in [1.29, 1.82) is 0 Å². The summed E-state index contributed by atoms with van der Waals surface area (Å²) in [6.07, 6.45) is 1.79. The van der Waals surface area contributed by atoms with Crippen LogP contribution in [-0.4, -0.2) is 22.0 Å². The molecular weight excluding hydrogens is 192 g/mol. The van der Waals surface area contributed by atoms with E-state index >= 15 is 0 Å². The second-order valence-corrected chi connectivity index (χ2v) is 3.62. The molecule has 3 N–H and O–H groups in total. The molecule has 0 bridgehead atoms. The van der Waals surface area contributed by atoms with Crippen LogP contribution in [0.2, 0.25) is 0 Å². The number of carbonyl (C=O) groups is 1. The van der Waals surface area contributed by atoms with E-state index in [0.29, 0.717) is 5.56 Å². The first-order valence-corrected chi connectivity index (χ1v) is 4.78. The Bertz CT molecular complexity index is 558. The first-order valence-electron chi connectivity index (χ1n) is 4.78. The van der Waals surface area contributed by atoms with Gasteiger partial charge in [-0.2, -0.15) is 0 Å². The zero-order valence-corrected chi connectivity index (χ0v) is 8.03. The number of amides is 1. The summed E-state index contributed by atoms with van der Waals surface area (Å²) in [6, 6.07) is 3.51. The fourth-order valence-electron chi connectivity index (χ4n) is 1.97. The van der Waals surface area contributed by atoms with Gasteiger partial charge in [0.05, 0.1) is 23.0 Å². The Kier molecular flexibility index (Phi) is 1.50. The van der Waals surface area contributed by atoms with Crippen molar-refractivity contribution in [3.63, 3.8) is 0 Å². The molecule has 1 amide bonds. The normalized spacial score (nSPS) is 13.9. The molecule has 5 nitrogen and oxygen atoms in total. The van der Waals surface area contributed by atoms with Gasteiger partial charge in [-0.15, -0.1) is 0 Å². The van der Waals surface area contributed by atoms with E-state index in [-0.39, 0.29) is 0 Å². The summed E-state index contributed by atoms with van der Waals surface area (Å²) in [5.74, 6) is -0.421. The Morgan fingerprint density at radius 2 is 2.40 bits per heavy atom. The van der Waals surface area contributed by atoms with Crippen LogP contribution in [0.4, 0.5) is 5.69 Å². The Balaban J connectivity index is 2.36. The number of nitrogens with zero attached hydrogens (tertiary/aromatic N) is 2. The number of benzene rings is 1. The Morgan fingerprint density at radius 3 is 3.20 bits per heavy atom. The first kappa shape index (κ1) is 8.28. The molecule has 1 aromatic carbocycles. The molecule has 0 fully saturated rings. The van der Waals surface area contributed by atoms with E-state index < -0.39 is 5.91 Å². The fourth-order valence-corrected chi connectivity index (χ4v) is 1.97. The smallest absolute Gasteiger partial charge is 0.248 e. The molecule has 0 aliphatic carbocycles. The minimum atomic E-state index is -0.421. The van der Waals surface area contributed by atoms with E-state index in [2.05, 4.69) is 14.9 Å². The van der Waals surface area contributed by atoms with Crippen molar-refractivity contribution in [3.05, 3.63) is 24.0 Å². The van der Waals surface area contributed by atoms with Crippen molar-refractivity contribution < 1.29 is 4.79 Å². The quantitative estimate of drug-likeness (QED) is 0.709. The maximum Gasteiger partial charge on any atom is 0.248 e. The van der Waals surface area contributed by atoms with Crippen LogP contribution in [0.1, 0.15) is 10.4 Å². The fraction of sp³-hybridized carbons (Fsp3) is 0.200. The molecule has 0 unspecified atom stereocenters. The summed E-state index contributed by atoms with van der Waals surface area (Å²) in [6.45, 7) is 1.75. The summed E-state index contributed by atoms with van der Waals surface area (Å²) >= 11 is 0. The zero-order valence-electron chi connectivity index (χ0n) is 8.03. The van der Waals surface area contributed by atoms with Gasteiger partial charge in [0, 0.05) is 18.7 Å². The number of aromatic nitrogens is 2. The minimum Gasteiger partial charge on any atom is -0.381 e. The lowest BCUT2D eigenvalue weighted by molar-refractivity contribution is 0.100. The van der Waals surface area contributed by atoms with E-state index in [1.807, 2.05) is 0 Å². The molecule has 1 aromatic heterocycles. The van der Waals surface area contributed by atoms with Gasteiger partial charge in [0.1, 0.15) is 0 Å². The summed E-state index contributed by atoms with van der Waals surface area (Å²) < 4.78 is 2.08. The maximum absolute atomic E-state index is 11.1. The number of nitrogens with one attached hydrogen (secondary N) is 1. The molecule has 0 saturated carbocycles. The number of carbonyl (C=O) groups excluding carboxylic acids is 1. The molecule has 0 spiro atoms. The van der Waals surface area contributed by atoms with Gasteiger partial charge in [0.15, 0.2) is 0 Å². The molecule has 5 heteroatoms. The van der Waals surface area contributed by atoms with Crippen molar-refractivity contribution in [2.24, 2.45) is 5.73 Å². The summed E-state index contributed by atoms with van der Waals surface area (Å²) in [7, 11) is 0. The van der Waals surface area contributed by atoms with E-state index in [1.54, 1.807) is 18.5 Å². The number of anilines is 1. The van der Waals surface area contributed by atoms with Gasteiger partial charge in [0.25, 0.3) is 0 Å². The molecule has 1 aliphatic rings. The van der Waals surface area contributed by atoms with Crippen molar-refractivity contribution in [1.82, 2.24) is 9.55 Å². The van der Waals surface area contributed by atoms with Crippen LogP contribution in [-0.2, 0) is 6.54 Å². The molecular formula is C10H10N4O. The van der Waals surface area contributed by atoms with Crippen molar-refractivity contribution in [2.45, 2.75) is 6.54 Å². The molecule has 0 radical (unpaired) electrons. The van der Waals surface area contributed by atoms with Crippen LogP contribution in [0.3, 0.4) is 0 Å². The third kappa shape index (κ3) is 1.09. The number of primary amides is 1. The molecule has 2 aromatic rings. The lowest BCUT2D eigenvalue weighted by atomic mass is 10.1. The highest BCUT2D eigenvalue weighted by Crippen LogP contribution is 2.27. The number of nitrogens with two attached hydrogens (primary N) is 1. The molecule has 15 heavy (non-hydrogen) atoms. The average Bonchev–Trinajstić information content (AvgIpc) is 2.64. The first-order chi connectivity index (χ1) is 7.25. The maximum atomic E-state index is 11.1. The van der Waals surface area contributed by atoms with Crippen molar-refractivity contribution in [3.8, 4) is 0 Å². The number of imidazole rings is 1. The van der Waals surface area contributed by atoms with Gasteiger partial charge in [-0.05, 0) is 12.1 Å². The van der Waals surface area contributed by atoms with Crippen LogP contribution >= 0.6 is 0 Å². The van der Waals surface area contributed by atoms with Crippen molar-refractivity contribution in [2.75, 3.05) is 11.9 Å².